The molecule has 0 heterocycles. The van der Waals surface area contributed by atoms with Crippen LogP contribution in [0.3, 0.4) is 0 Å². The Morgan fingerprint density at radius 3 is 2.73 bits per heavy atom. The van der Waals surface area contributed by atoms with Gasteiger partial charge in [-0.1, -0.05) is 36.4 Å². The highest BCUT2D eigenvalue weighted by Crippen LogP contribution is 1.99. The molecular weight excluding hydrogens is 188 g/mol. The molecule has 0 saturated heterocycles. The summed E-state index contributed by atoms with van der Waals surface area (Å²) in [7, 11) is 0. The van der Waals surface area contributed by atoms with Crippen LogP contribution in [0, 0.1) is 0 Å². The second kappa shape index (κ2) is 5.98. The highest BCUT2D eigenvalue weighted by atomic mass is 16.2. The van der Waals surface area contributed by atoms with Crippen molar-refractivity contribution in [1.29, 1.82) is 0 Å². The topological polar surface area (TPSA) is 55.1 Å². The molecule has 0 aromatic heterocycles. The Labute approximate surface area is 90.0 Å². The van der Waals surface area contributed by atoms with Crippen molar-refractivity contribution in [2.75, 3.05) is 0 Å². The number of allylic oxidation sites excluding steroid dienone is 1. The molecule has 0 unspecified atom stereocenters. The van der Waals surface area contributed by atoms with Crippen LogP contribution in [0.5, 0.6) is 0 Å². The Morgan fingerprint density at radius 1 is 1.47 bits per heavy atom. The van der Waals surface area contributed by atoms with Crippen LogP contribution in [0.2, 0.25) is 0 Å². The van der Waals surface area contributed by atoms with Crippen molar-refractivity contribution in [2.45, 2.75) is 19.4 Å². The second-order valence-electron chi connectivity index (χ2n) is 3.39. The lowest BCUT2D eigenvalue weighted by molar-refractivity contribution is -0.121. The van der Waals surface area contributed by atoms with Gasteiger partial charge in [0.05, 0.1) is 6.04 Å². The van der Waals surface area contributed by atoms with Gasteiger partial charge in [-0.15, -0.1) is 0 Å². The molecule has 0 saturated carbocycles. The van der Waals surface area contributed by atoms with Gasteiger partial charge in [0.1, 0.15) is 0 Å². The van der Waals surface area contributed by atoms with Crippen molar-refractivity contribution < 1.29 is 4.79 Å². The van der Waals surface area contributed by atoms with E-state index in [0.29, 0.717) is 0 Å². The first kappa shape index (κ1) is 11.5. The van der Waals surface area contributed by atoms with Gasteiger partial charge in [0.15, 0.2) is 0 Å². The lowest BCUT2D eigenvalue weighted by Crippen LogP contribution is -2.35. The Morgan fingerprint density at radius 2 is 2.13 bits per heavy atom. The molecule has 3 heteroatoms. The fourth-order valence-electron chi connectivity index (χ4n) is 1.08. The summed E-state index contributed by atoms with van der Waals surface area (Å²) in [5, 5.41) is 2.61. The van der Waals surface area contributed by atoms with Crippen LogP contribution in [0.15, 0.2) is 42.6 Å². The van der Waals surface area contributed by atoms with Gasteiger partial charge < -0.3 is 11.1 Å². The Kier molecular flexibility index (Phi) is 4.57. The van der Waals surface area contributed by atoms with Crippen molar-refractivity contribution in [3.05, 3.63) is 48.2 Å². The number of carbonyl (C=O) groups excluding carboxylic acids is 1. The van der Waals surface area contributed by atoms with Crippen LogP contribution < -0.4 is 11.1 Å². The van der Waals surface area contributed by atoms with Crippen molar-refractivity contribution in [1.82, 2.24) is 5.32 Å². The summed E-state index contributed by atoms with van der Waals surface area (Å²) in [6.45, 7) is 1.65. The maximum absolute atomic E-state index is 11.1. The largest absolute Gasteiger partial charge is 0.332 e. The van der Waals surface area contributed by atoms with Crippen molar-refractivity contribution in [3.8, 4) is 0 Å². The highest BCUT2D eigenvalue weighted by molar-refractivity contribution is 5.81. The third-order valence-corrected chi connectivity index (χ3v) is 1.95. The Bertz CT molecular complexity index is 331. The first-order valence-electron chi connectivity index (χ1n) is 4.95. The molecule has 3 nitrogen and oxygen atoms in total. The molecule has 1 aromatic carbocycles. The van der Waals surface area contributed by atoms with Gasteiger partial charge in [-0.05, 0) is 18.9 Å². The van der Waals surface area contributed by atoms with E-state index in [2.05, 4.69) is 5.32 Å². The SMILES string of the molecule is C[C@@H](N)C(=O)N/C=C/Cc1ccccc1. The molecule has 0 radical (unpaired) electrons. The van der Waals surface area contributed by atoms with E-state index in [1.165, 1.54) is 5.56 Å². The standard InChI is InChI=1S/C12H16N2O/c1-10(13)12(15)14-9-5-8-11-6-3-2-4-7-11/h2-7,9-10H,8,13H2,1H3,(H,14,15)/b9-5+/t10-/m1/s1. The number of benzene rings is 1. The molecule has 1 rings (SSSR count). The number of amides is 1. The fourth-order valence-corrected chi connectivity index (χ4v) is 1.08. The third-order valence-electron chi connectivity index (χ3n) is 1.95. The molecule has 3 N–H and O–H groups in total. The molecule has 80 valence electrons. The van der Waals surface area contributed by atoms with E-state index in [0.717, 1.165) is 6.42 Å². The minimum absolute atomic E-state index is 0.167. The first-order chi connectivity index (χ1) is 7.20. The van der Waals surface area contributed by atoms with Crippen LogP contribution >= 0.6 is 0 Å². The second-order valence-corrected chi connectivity index (χ2v) is 3.39. The monoisotopic (exact) mass is 204 g/mol. The number of rotatable bonds is 4. The molecule has 15 heavy (non-hydrogen) atoms. The minimum Gasteiger partial charge on any atom is -0.332 e. The van der Waals surface area contributed by atoms with Crippen molar-refractivity contribution in [2.24, 2.45) is 5.73 Å². The third kappa shape index (κ3) is 4.42. The summed E-state index contributed by atoms with van der Waals surface area (Å²) in [6.07, 6.45) is 4.34. The van der Waals surface area contributed by atoms with Gasteiger partial charge >= 0.3 is 0 Å². The zero-order chi connectivity index (χ0) is 11.1. The van der Waals surface area contributed by atoms with Crippen LogP contribution in [-0.4, -0.2) is 11.9 Å². The van der Waals surface area contributed by atoms with Gasteiger partial charge in [-0.25, -0.2) is 0 Å². The van der Waals surface area contributed by atoms with E-state index < -0.39 is 6.04 Å². The lowest BCUT2D eigenvalue weighted by Gasteiger charge is -2.02. The zero-order valence-electron chi connectivity index (χ0n) is 8.81. The van der Waals surface area contributed by atoms with Gasteiger partial charge in [-0.2, -0.15) is 0 Å². The Hall–Kier alpha value is -1.61. The van der Waals surface area contributed by atoms with E-state index in [-0.39, 0.29) is 5.91 Å². The smallest absolute Gasteiger partial charge is 0.240 e. The summed E-state index contributed by atoms with van der Waals surface area (Å²) < 4.78 is 0. The van der Waals surface area contributed by atoms with Crippen LogP contribution in [-0.2, 0) is 11.2 Å². The quantitative estimate of drug-likeness (QED) is 0.774. The highest BCUT2D eigenvalue weighted by Gasteiger charge is 2.02. The van der Waals surface area contributed by atoms with E-state index in [1.54, 1.807) is 13.1 Å². The average Bonchev–Trinajstić information content (AvgIpc) is 2.25. The summed E-state index contributed by atoms with van der Waals surface area (Å²) in [4.78, 5) is 11.1. The number of hydrogen-bond acceptors (Lipinski definition) is 2. The predicted molar refractivity (Wildman–Crippen MR) is 61.1 cm³/mol. The summed E-state index contributed by atoms with van der Waals surface area (Å²) in [5.41, 5.74) is 6.60. The number of nitrogens with one attached hydrogen (secondary N) is 1. The zero-order valence-corrected chi connectivity index (χ0v) is 8.81. The fraction of sp³-hybridized carbons (Fsp3) is 0.250. The van der Waals surface area contributed by atoms with E-state index in [4.69, 9.17) is 5.73 Å². The molecule has 0 bridgehead atoms. The van der Waals surface area contributed by atoms with E-state index in [9.17, 15) is 4.79 Å². The minimum atomic E-state index is -0.466. The molecular formula is C12H16N2O. The van der Waals surface area contributed by atoms with E-state index >= 15 is 0 Å². The summed E-state index contributed by atoms with van der Waals surface area (Å²) in [6, 6.07) is 9.57. The molecule has 0 fully saturated rings. The van der Waals surface area contributed by atoms with Gasteiger partial charge in [0, 0.05) is 6.20 Å². The lowest BCUT2D eigenvalue weighted by atomic mass is 10.1. The Balaban J connectivity index is 2.32. The average molecular weight is 204 g/mol. The van der Waals surface area contributed by atoms with Crippen LogP contribution in [0.4, 0.5) is 0 Å². The van der Waals surface area contributed by atoms with Crippen molar-refractivity contribution in [3.63, 3.8) is 0 Å². The first-order valence-corrected chi connectivity index (χ1v) is 4.95. The maximum atomic E-state index is 11.1. The molecule has 0 aliphatic carbocycles. The number of carbonyl (C=O) groups is 1. The van der Waals surface area contributed by atoms with Crippen LogP contribution in [0.25, 0.3) is 0 Å². The van der Waals surface area contributed by atoms with Gasteiger partial charge in [0.25, 0.3) is 0 Å². The van der Waals surface area contributed by atoms with Crippen molar-refractivity contribution >= 4 is 5.91 Å². The maximum Gasteiger partial charge on any atom is 0.240 e. The molecule has 0 spiro atoms. The van der Waals surface area contributed by atoms with Gasteiger partial charge in [-0.3, -0.25) is 4.79 Å². The molecule has 0 aliphatic rings. The van der Waals surface area contributed by atoms with E-state index in [1.807, 2.05) is 36.4 Å². The van der Waals surface area contributed by atoms with Crippen LogP contribution in [0.1, 0.15) is 12.5 Å². The molecule has 0 aliphatic heterocycles. The number of nitrogens with two attached hydrogens (primary N) is 1. The summed E-state index contributed by atoms with van der Waals surface area (Å²) >= 11 is 0. The molecule has 1 atom stereocenters. The molecule has 1 aromatic rings. The molecule has 1 amide bonds. The normalized spacial score (nSPS) is 12.7. The predicted octanol–water partition coefficient (Wildman–Crippen LogP) is 1.21. The summed E-state index contributed by atoms with van der Waals surface area (Å²) in [5.74, 6) is -0.167. The number of hydrogen-bond donors (Lipinski definition) is 2. The van der Waals surface area contributed by atoms with Gasteiger partial charge in [0.2, 0.25) is 5.91 Å².